The number of aromatic nitrogens is 2. The van der Waals surface area contributed by atoms with Gasteiger partial charge < -0.3 is 20.1 Å². The largest absolute Gasteiger partial charge is 0.420 e. The summed E-state index contributed by atoms with van der Waals surface area (Å²) in [6.07, 6.45) is 3.12. The van der Waals surface area contributed by atoms with Gasteiger partial charge in [0.25, 0.3) is 0 Å². The second kappa shape index (κ2) is 7.22. The Morgan fingerprint density at radius 3 is 2.73 bits per heavy atom. The molecular weight excluding hydrogens is 402 g/mol. The quantitative estimate of drug-likeness (QED) is 0.781. The molecule has 1 aromatic heterocycles. The van der Waals surface area contributed by atoms with E-state index in [9.17, 15) is 5.26 Å². The first-order chi connectivity index (χ1) is 14.6. The fourth-order valence-electron chi connectivity index (χ4n) is 5.14. The SMILES string of the molecule is Cc1[nH]nc2c1C(c1cc(Cl)cc(N3CCOCC3)c1)(C1CCC1)C(C#N)=C(N)O2. The van der Waals surface area contributed by atoms with Crippen molar-refractivity contribution in [1.82, 2.24) is 10.2 Å². The number of allylic oxidation sites excluding steroid dienone is 1. The van der Waals surface area contributed by atoms with E-state index in [0.717, 1.165) is 54.9 Å². The third-order valence-electron chi connectivity index (χ3n) is 6.70. The van der Waals surface area contributed by atoms with Gasteiger partial charge in [0, 0.05) is 29.5 Å². The Kier molecular flexibility index (Phi) is 4.64. The summed E-state index contributed by atoms with van der Waals surface area (Å²) in [5.41, 5.74) is 9.77. The predicted octanol–water partition coefficient (Wildman–Crippen LogP) is 3.38. The van der Waals surface area contributed by atoms with Crippen LogP contribution in [0.3, 0.4) is 0 Å². The minimum atomic E-state index is -0.728. The van der Waals surface area contributed by atoms with E-state index in [1.807, 2.05) is 19.1 Å². The van der Waals surface area contributed by atoms with Gasteiger partial charge in [0.1, 0.15) is 11.6 Å². The van der Waals surface area contributed by atoms with Gasteiger partial charge in [-0.05, 0) is 49.4 Å². The zero-order valence-corrected chi connectivity index (χ0v) is 17.6. The first-order valence-electron chi connectivity index (χ1n) is 10.3. The van der Waals surface area contributed by atoms with Gasteiger partial charge in [0.15, 0.2) is 0 Å². The molecule has 30 heavy (non-hydrogen) atoms. The number of nitrogens with one attached hydrogen (secondary N) is 1. The molecule has 1 atom stereocenters. The fourth-order valence-corrected chi connectivity index (χ4v) is 5.37. The van der Waals surface area contributed by atoms with Crippen LogP contribution in [0.5, 0.6) is 5.88 Å². The number of morpholine rings is 1. The van der Waals surface area contributed by atoms with E-state index in [1.165, 1.54) is 0 Å². The summed E-state index contributed by atoms with van der Waals surface area (Å²) in [5, 5.41) is 18.2. The van der Waals surface area contributed by atoms with Gasteiger partial charge >= 0.3 is 0 Å². The van der Waals surface area contributed by atoms with Crippen LogP contribution in [0.25, 0.3) is 0 Å². The first-order valence-corrected chi connectivity index (χ1v) is 10.7. The summed E-state index contributed by atoms with van der Waals surface area (Å²) in [5.74, 6) is 0.792. The summed E-state index contributed by atoms with van der Waals surface area (Å²) in [6.45, 7) is 4.94. The van der Waals surface area contributed by atoms with Gasteiger partial charge in [-0.3, -0.25) is 5.10 Å². The van der Waals surface area contributed by atoms with Crippen LogP contribution in [-0.4, -0.2) is 36.5 Å². The Bertz CT molecular complexity index is 1060. The summed E-state index contributed by atoms with van der Waals surface area (Å²) in [7, 11) is 0. The molecule has 5 rings (SSSR count). The summed E-state index contributed by atoms with van der Waals surface area (Å²) < 4.78 is 11.3. The number of nitrogens with two attached hydrogens (primary N) is 1. The number of halogens is 1. The van der Waals surface area contributed by atoms with Crippen LogP contribution in [0.15, 0.2) is 29.7 Å². The fraction of sp³-hybridized carbons (Fsp3) is 0.455. The van der Waals surface area contributed by atoms with Crippen molar-refractivity contribution in [2.45, 2.75) is 31.6 Å². The van der Waals surface area contributed by atoms with E-state index in [4.69, 9.17) is 26.8 Å². The molecule has 2 aliphatic heterocycles. The van der Waals surface area contributed by atoms with Crippen LogP contribution in [0.2, 0.25) is 5.02 Å². The Balaban J connectivity index is 1.78. The molecule has 1 aliphatic carbocycles. The van der Waals surface area contributed by atoms with E-state index in [-0.39, 0.29) is 11.8 Å². The maximum Gasteiger partial charge on any atom is 0.244 e. The van der Waals surface area contributed by atoms with E-state index in [2.05, 4.69) is 27.2 Å². The predicted molar refractivity (Wildman–Crippen MR) is 113 cm³/mol. The van der Waals surface area contributed by atoms with Crippen LogP contribution in [0.1, 0.15) is 36.1 Å². The third kappa shape index (κ3) is 2.71. The molecule has 0 radical (unpaired) electrons. The normalized spacial score (nSPS) is 24.1. The highest BCUT2D eigenvalue weighted by Gasteiger charge is 2.55. The van der Waals surface area contributed by atoms with Crippen LogP contribution >= 0.6 is 11.6 Å². The first kappa shape index (κ1) is 19.3. The number of aryl methyl sites for hydroxylation is 1. The molecule has 2 fully saturated rings. The molecular formula is C22H24ClN5O2. The second-order valence-electron chi connectivity index (χ2n) is 8.22. The summed E-state index contributed by atoms with van der Waals surface area (Å²) >= 11 is 6.64. The number of fused-ring (bicyclic) bond motifs is 1. The van der Waals surface area contributed by atoms with Gasteiger partial charge in [-0.2, -0.15) is 5.26 Å². The van der Waals surface area contributed by atoms with Crippen molar-refractivity contribution in [3.8, 4) is 11.9 Å². The van der Waals surface area contributed by atoms with Crippen LogP contribution in [-0.2, 0) is 10.2 Å². The molecule has 1 saturated carbocycles. The molecule has 2 aromatic rings. The van der Waals surface area contributed by atoms with Gasteiger partial charge in [0.2, 0.25) is 11.8 Å². The lowest BCUT2D eigenvalue weighted by atomic mass is 9.55. The Labute approximate surface area is 180 Å². The highest BCUT2D eigenvalue weighted by Crippen LogP contribution is 2.58. The zero-order chi connectivity index (χ0) is 20.9. The Morgan fingerprint density at radius 1 is 1.30 bits per heavy atom. The summed E-state index contributed by atoms with van der Waals surface area (Å²) in [6, 6.07) is 8.48. The molecule has 1 saturated heterocycles. The van der Waals surface area contributed by atoms with Gasteiger partial charge in [-0.15, -0.1) is 5.10 Å². The van der Waals surface area contributed by atoms with Crippen molar-refractivity contribution in [1.29, 1.82) is 5.26 Å². The number of anilines is 1. The third-order valence-corrected chi connectivity index (χ3v) is 6.92. The second-order valence-corrected chi connectivity index (χ2v) is 8.65. The topological polar surface area (TPSA) is 100 Å². The highest BCUT2D eigenvalue weighted by molar-refractivity contribution is 6.31. The Hall–Kier alpha value is -2.69. The van der Waals surface area contributed by atoms with Crippen molar-refractivity contribution in [3.05, 3.63) is 51.5 Å². The number of ether oxygens (including phenoxy) is 2. The lowest BCUT2D eigenvalue weighted by Crippen LogP contribution is -2.46. The van der Waals surface area contributed by atoms with E-state index in [0.29, 0.717) is 29.7 Å². The summed E-state index contributed by atoms with van der Waals surface area (Å²) in [4.78, 5) is 2.27. The maximum atomic E-state index is 10.2. The zero-order valence-electron chi connectivity index (χ0n) is 16.9. The average molecular weight is 426 g/mol. The van der Waals surface area contributed by atoms with Gasteiger partial charge in [-0.1, -0.05) is 18.0 Å². The highest BCUT2D eigenvalue weighted by atomic mass is 35.5. The van der Waals surface area contributed by atoms with Crippen molar-refractivity contribution >= 4 is 17.3 Å². The van der Waals surface area contributed by atoms with E-state index >= 15 is 0 Å². The standard InChI is InChI=1S/C22H24ClN5O2/c1-13-19-21(27-26-13)30-20(25)18(12-24)22(19,14-3-2-4-14)15-9-16(23)11-17(10-15)28-5-7-29-8-6-28/h9-11,14H,2-8,25H2,1H3,(H,26,27). The van der Waals surface area contributed by atoms with Gasteiger partial charge in [0.05, 0.1) is 24.2 Å². The minimum absolute atomic E-state index is 0.122. The van der Waals surface area contributed by atoms with Crippen LogP contribution in [0, 0.1) is 24.2 Å². The number of hydrogen-bond acceptors (Lipinski definition) is 6. The molecule has 0 spiro atoms. The molecule has 0 bridgehead atoms. The molecule has 1 unspecified atom stereocenters. The molecule has 8 heteroatoms. The number of benzene rings is 1. The van der Waals surface area contributed by atoms with Gasteiger partial charge in [-0.25, -0.2) is 0 Å². The van der Waals surface area contributed by atoms with Crippen molar-refractivity contribution in [2.75, 3.05) is 31.2 Å². The molecule has 3 heterocycles. The number of H-pyrrole nitrogens is 1. The number of rotatable bonds is 3. The molecule has 3 aliphatic rings. The van der Waals surface area contributed by atoms with Crippen LogP contribution < -0.4 is 15.4 Å². The smallest absolute Gasteiger partial charge is 0.244 e. The molecule has 7 nitrogen and oxygen atoms in total. The Morgan fingerprint density at radius 2 is 2.07 bits per heavy atom. The molecule has 3 N–H and O–H groups in total. The minimum Gasteiger partial charge on any atom is -0.420 e. The van der Waals surface area contributed by atoms with Crippen molar-refractivity contribution in [2.24, 2.45) is 11.7 Å². The lowest BCUT2D eigenvalue weighted by molar-refractivity contribution is 0.122. The average Bonchev–Trinajstić information content (AvgIpc) is 3.07. The molecule has 156 valence electrons. The molecule has 0 amide bonds. The van der Waals surface area contributed by atoms with E-state index in [1.54, 1.807) is 0 Å². The maximum absolute atomic E-state index is 10.2. The van der Waals surface area contributed by atoms with Crippen LogP contribution in [0.4, 0.5) is 5.69 Å². The van der Waals surface area contributed by atoms with Crippen molar-refractivity contribution < 1.29 is 9.47 Å². The lowest BCUT2D eigenvalue weighted by Gasteiger charge is -2.47. The monoisotopic (exact) mass is 425 g/mol. The van der Waals surface area contributed by atoms with Crippen molar-refractivity contribution in [3.63, 3.8) is 0 Å². The number of nitrogens with zero attached hydrogens (tertiary/aromatic N) is 3. The van der Waals surface area contributed by atoms with E-state index < -0.39 is 5.41 Å². The molecule has 1 aromatic carbocycles. The number of nitriles is 1. The number of aromatic amines is 1. The number of hydrogen-bond donors (Lipinski definition) is 2.